The Kier molecular flexibility index (Phi) is 3.51. The Morgan fingerprint density at radius 2 is 2.36 bits per heavy atom. The van der Waals surface area contributed by atoms with Gasteiger partial charge in [0.1, 0.15) is 0 Å². The van der Waals surface area contributed by atoms with Gasteiger partial charge in [0.25, 0.3) is 0 Å². The summed E-state index contributed by atoms with van der Waals surface area (Å²) in [7, 11) is 0. The zero-order valence-electron chi connectivity index (χ0n) is 7.53. The average Bonchev–Trinajstić information content (AvgIpc) is 2.56. The number of rotatable bonds is 1. The van der Waals surface area contributed by atoms with Crippen molar-refractivity contribution in [3.63, 3.8) is 0 Å². The van der Waals surface area contributed by atoms with E-state index in [1.807, 2.05) is 0 Å². The quantitative estimate of drug-likeness (QED) is 0.640. The Morgan fingerprint density at radius 1 is 1.57 bits per heavy atom. The molecule has 6 heteroatoms. The SMILES string of the molecule is Cl.NC1=CC(=O)CC=C1N1CCON1. The van der Waals surface area contributed by atoms with Crippen molar-refractivity contribution in [3.05, 3.63) is 23.5 Å². The zero-order valence-corrected chi connectivity index (χ0v) is 8.34. The second-order valence-corrected chi connectivity index (χ2v) is 2.95. The average molecular weight is 218 g/mol. The number of ketones is 1. The first-order valence-electron chi connectivity index (χ1n) is 4.13. The van der Waals surface area contributed by atoms with Gasteiger partial charge < -0.3 is 5.73 Å². The number of nitrogens with zero attached hydrogens (tertiary/aromatic N) is 1. The van der Waals surface area contributed by atoms with Crippen molar-refractivity contribution in [1.82, 2.24) is 10.6 Å². The molecule has 0 unspecified atom stereocenters. The van der Waals surface area contributed by atoms with Crippen LogP contribution in [-0.4, -0.2) is 23.9 Å². The summed E-state index contributed by atoms with van der Waals surface area (Å²) >= 11 is 0. The van der Waals surface area contributed by atoms with Gasteiger partial charge in [-0.05, 0) is 6.08 Å². The fourth-order valence-electron chi connectivity index (χ4n) is 1.36. The second-order valence-electron chi connectivity index (χ2n) is 2.95. The molecule has 0 radical (unpaired) electrons. The highest BCUT2D eigenvalue weighted by Gasteiger charge is 2.20. The third-order valence-corrected chi connectivity index (χ3v) is 1.99. The van der Waals surface area contributed by atoms with Crippen molar-refractivity contribution in [2.45, 2.75) is 6.42 Å². The Hall–Kier alpha value is -1.04. The standard InChI is InChI=1S/C8H11N3O2.ClH/c9-7-5-6(12)1-2-8(7)11-3-4-13-10-11;/h2,5,10H,1,3-4,9H2;1H. The third kappa shape index (κ3) is 2.06. The maximum atomic E-state index is 11.0. The summed E-state index contributed by atoms with van der Waals surface area (Å²) in [4.78, 5) is 15.9. The highest BCUT2D eigenvalue weighted by molar-refractivity contribution is 5.93. The molecule has 0 saturated carbocycles. The van der Waals surface area contributed by atoms with Crippen molar-refractivity contribution in [2.24, 2.45) is 5.73 Å². The first kappa shape index (κ1) is 11.0. The largest absolute Gasteiger partial charge is 0.397 e. The minimum atomic E-state index is 0. The molecular weight excluding hydrogens is 206 g/mol. The third-order valence-electron chi connectivity index (χ3n) is 1.99. The van der Waals surface area contributed by atoms with Crippen LogP contribution in [0.15, 0.2) is 23.5 Å². The van der Waals surface area contributed by atoms with Gasteiger partial charge in [-0.25, -0.2) is 0 Å². The van der Waals surface area contributed by atoms with E-state index in [4.69, 9.17) is 10.6 Å². The molecule has 0 spiro atoms. The van der Waals surface area contributed by atoms with Gasteiger partial charge in [-0.15, -0.1) is 18.0 Å². The monoisotopic (exact) mass is 217 g/mol. The van der Waals surface area contributed by atoms with Crippen molar-refractivity contribution in [1.29, 1.82) is 0 Å². The molecule has 2 rings (SSSR count). The van der Waals surface area contributed by atoms with Gasteiger partial charge >= 0.3 is 0 Å². The maximum Gasteiger partial charge on any atom is 0.161 e. The van der Waals surface area contributed by atoms with Crippen molar-refractivity contribution >= 4 is 18.2 Å². The van der Waals surface area contributed by atoms with Crippen molar-refractivity contribution in [2.75, 3.05) is 13.2 Å². The van der Waals surface area contributed by atoms with E-state index in [0.29, 0.717) is 18.7 Å². The van der Waals surface area contributed by atoms with Crippen LogP contribution < -0.4 is 11.3 Å². The Morgan fingerprint density at radius 3 is 2.93 bits per heavy atom. The van der Waals surface area contributed by atoms with E-state index in [0.717, 1.165) is 12.2 Å². The van der Waals surface area contributed by atoms with E-state index >= 15 is 0 Å². The summed E-state index contributed by atoms with van der Waals surface area (Å²) in [5.41, 5.74) is 9.71. The van der Waals surface area contributed by atoms with E-state index in [2.05, 4.69) is 5.59 Å². The lowest BCUT2D eigenvalue weighted by molar-refractivity contribution is -0.114. The highest BCUT2D eigenvalue weighted by Crippen LogP contribution is 2.16. The van der Waals surface area contributed by atoms with Gasteiger partial charge in [0.2, 0.25) is 0 Å². The van der Waals surface area contributed by atoms with Crippen LogP contribution in [0.25, 0.3) is 0 Å². The molecule has 14 heavy (non-hydrogen) atoms. The molecule has 78 valence electrons. The number of halogens is 1. The van der Waals surface area contributed by atoms with Crippen LogP contribution in [0.4, 0.5) is 0 Å². The fourth-order valence-corrected chi connectivity index (χ4v) is 1.36. The molecule has 2 aliphatic rings. The predicted octanol–water partition coefficient (Wildman–Crippen LogP) is -0.141. The number of hydrogen-bond acceptors (Lipinski definition) is 5. The minimum Gasteiger partial charge on any atom is -0.397 e. The van der Waals surface area contributed by atoms with Gasteiger partial charge in [-0.3, -0.25) is 14.6 Å². The van der Waals surface area contributed by atoms with Crippen molar-refractivity contribution < 1.29 is 9.63 Å². The molecule has 1 heterocycles. The molecule has 0 amide bonds. The summed E-state index contributed by atoms with van der Waals surface area (Å²) in [6, 6.07) is 0. The minimum absolute atomic E-state index is 0. The van der Waals surface area contributed by atoms with Crippen LogP contribution in [0, 0.1) is 0 Å². The molecule has 0 aromatic carbocycles. The fraction of sp³-hybridized carbons (Fsp3) is 0.375. The molecule has 0 bridgehead atoms. The smallest absolute Gasteiger partial charge is 0.161 e. The number of hydrazine groups is 1. The van der Waals surface area contributed by atoms with Crippen molar-refractivity contribution in [3.8, 4) is 0 Å². The summed E-state index contributed by atoms with van der Waals surface area (Å²) < 4.78 is 0. The molecular formula is C8H12ClN3O2. The first-order valence-corrected chi connectivity index (χ1v) is 4.13. The van der Waals surface area contributed by atoms with E-state index in [9.17, 15) is 4.79 Å². The van der Waals surface area contributed by atoms with Crippen LogP contribution >= 0.6 is 12.4 Å². The highest BCUT2D eigenvalue weighted by atomic mass is 35.5. The first-order chi connectivity index (χ1) is 6.27. The topological polar surface area (TPSA) is 67.6 Å². The number of nitrogens with one attached hydrogen (secondary N) is 1. The van der Waals surface area contributed by atoms with E-state index in [-0.39, 0.29) is 18.2 Å². The molecule has 1 aliphatic carbocycles. The van der Waals surface area contributed by atoms with Gasteiger partial charge in [0.05, 0.1) is 24.5 Å². The molecule has 0 atom stereocenters. The van der Waals surface area contributed by atoms with Gasteiger partial charge in [0.15, 0.2) is 5.78 Å². The normalized spacial score (nSPS) is 21.4. The van der Waals surface area contributed by atoms with E-state index < -0.39 is 0 Å². The van der Waals surface area contributed by atoms with Gasteiger partial charge in [-0.1, -0.05) is 0 Å². The van der Waals surface area contributed by atoms with Crippen LogP contribution in [-0.2, 0) is 9.63 Å². The lowest BCUT2D eigenvalue weighted by Crippen LogP contribution is -2.33. The summed E-state index contributed by atoms with van der Waals surface area (Å²) in [5, 5.41) is 1.79. The molecule has 1 saturated heterocycles. The van der Waals surface area contributed by atoms with Crippen LogP contribution in [0.1, 0.15) is 6.42 Å². The molecule has 0 aromatic heterocycles. The van der Waals surface area contributed by atoms with Crippen LogP contribution in [0.2, 0.25) is 0 Å². The summed E-state index contributed by atoms with van der Waals surface area (Å²) in [5.74, 6) is 0.0429. The Balaban J connectivity index is 0.000000980. The van der Waals surface area contributed by atoms with E-state index in [1.165, 1.54) is 6.08 Å². The Bertz CT molecular complexity index is 295. The predicted molar refractivity (Wildman–Crippen MR) is 53.0 cm³/mol. The number of hydrogen-bond donors (Lipinski definition) is 2. The molecule has 5 nitrogen and oxygen atoms in total. The lowest BCUT2D eigenvalue weighted by atomic mass is 10.1. The number of allylic oxidation sites excluding steroid dienone is 2. The van der Waals surface area contributed by atoms with Gasteiger partial charge in [-0.2, -0.15) is 0 Å². The molecule has 1 fully saturated rings. The maximum absolute atomic E-state index is 11.0. The molecule has 1 aliphatic heterocycles. The summed E-state index contributed by atoms with van der Waals surface area (Å²) in [6.45, 7) is 1.37. The second kappa shape index (κ2) is 4.45. The molecule has 0 aromatic rings. The summed E-state index contributed by atoms with van der Waals surface area (Å²) in [6.07, 6.45) is 3.67. The van der Waals surface area contributed by atoms with E-state index in [1.54, 1.807) is 11.1 Å². The zero-order chi connectivity index (χ0) is 9.26. The van der Waals surface area contributed by atoms with Crippen LogP contribution in [0.5, 0.6) is 0 Å². The number of carbonyl (C=O) groups is 1. The number of carbonyl (C=O) groups excluding carboxylic acids is 1. The number of nitrogens with two attached hydrogens (primary N) is 1. The Labute approximate surface area is 87.9 Å². The van der Waals surface area contributed by atoms with Gasteiger partial charge in [0, 0.05) is 12.5 Å². The van der Waals surface area contributed by atoms with Crippen LogP contribution in [0.3, 0.4) is 0 Å². The lowest BCUT2D eigenvalue weighted by Gasteiger charge is -2.21. The molecule has 3 N–H and O–H groups in total.